The minimum atomic E-state index is -4.02. The van der Waals surface area contributed by atoms with Crippen LogP contribution in [0.4, 0.5) is 11.4 Å². The Hall–Kier alpha value is -3.85. The van der Waals surface area contributed by atoms with E-state index in [1.54, 1.807) is 18.2 Å². The molecular weight excluding hydrogens is 430 g/mol. The maximum Gasteiger partial charge on any atom is 0.262 e. The molecule has 32 heavy (non-hydrogen) atoms. The SMILES string of the molecule is O=C1COc2ccc(S(=O)(=O)Nc3ccccc3C(=O)NCCc3ccccc3)cc2N1. The van der Waals surface area contributed by atoms with Gasteiger partial charge in [-0.1, -0.05) is 42.5 Å². The quantitative estimate of drug-likeness (QED) is 0.511. The second-order valence-corrected chi connectivity index (χ2v) is 8.82. The van der Waals surface area contributed by atoms with Gasteiger partial charge in [0, 0.05) is 6.54 Å². The Bertz CT molecular complexity index is 1260. The Balaban J connectivity index is 1.49. The molecule has 0 atom stereocenters. The number of para-hydroxylation sites is 1. The number of rotatable bonds is 7. The molecule has 0 fully saturated rings. The zero-order valence-corrected chi connectivity index (χ0v) is 17.8. The van der Waals surface area contributed by atoms with Gasteiger partial charge >= 0.3 is 0 Å². The van der Waals surface area contributed by atoms with Crippen molar-refractivity contribution in [3.8, 4) is 5.75 Å². The van der Waals surface area contributed by atoms with Crippen molar-refractivity contribution in [2.75, 3.05) is 23.2 Å². The van der Waals surface area contributed by atoms with E-state index in [9.17, 15) is 18.0 Å². The molecule has 0 spiro atoms. The third-order valence-corrected chi connectivity index (χ3v) is 6.22. The molecule has 1 heterocycles. The fraction of sp³-hybridized carbons (Fsp3) is 0.130. The highest BCUT2D eigenvalue weighted by Gasteiger charge is 2.22. The van der Waals surface area contributed by atoms with Crippen LogP contribution in [0.1, 0.15) is 15.9 Å². The van der Waals surface area contributed by atoms with Crippen LogP contribution in [0.25, 0.3) is 0 Å². The first kappa shape index (κ1) is 21.4. The van der Waals surface area contributed by atoms with Crippen LogP contribution in [-0.4, -0.2) is 33.4 Å². The molecule has 0 saturated heterocycles. The van der Waals surface area contributed by atoms with E-state index in [0.717, 1.165) is 5.56 Å². The summed E-state index contributed by atoms with van der Waals surface area (Å²) in [6.07, 6.45) is 0.656. The largest absolute Gasteiger partial charge is 0.482 e. The molecule has 3 aromatic carbocycles. The van der Waals surface area contributed by atoms with Gasteiger partial charge in [-0.3, -0.25) is 14.3 Å². The van der Waals surface area contributed by atoms with Crippen molar-refractivity contribution in [2.45, 2.75) is 11.3 Å². The van der Waals surface area contributed by atoms with Gasteiger partial charge in [0.1, 0.15) is 5.75 Å². The van der Waals surface area contributed by atoms with Crippen molar-refractivity contribution in [3.05, 3.63) is 83.9 Å². The number of sulfonamides is 1. The second kappa shape index (κ2) is 9.11. The molecule has 164 valence electrons. The molecule has 0 radical (unpaired) electrons. The van der Waals surface area contributed by atoms with Gasteiger partial charge in [0.15, 0.2) is 6.61 Å². The van der Waals surface area contributed by atoms with Gasteiger partial charge in [-0.15, -0.1) is 0 Å². The summed E-state index contributed by atoms with van der Waals surface area (Å²) >= 11 is 0. The van der Waals surface area contributed by atoms with Gasteiger partial charge in [0.05, 0.1) is 21.8 Å². The highest BCUT2D eigenvalue weighted by molar-refractivity contribution is 7.92. The van der Waals surface area contributed by atoms with Gasteiger partial charge in [0.25, 0.3) is 21.8 Å². The molecule has 0 aromatic heterocycles. The summed E-state index contributed by atoms with van der Waals surface area (Å²) in [7, 11) is -4.02. The van der Waals surface area contributed by atoms with Gasteiger partial charge in [0.2, 0.25) is 0 Å². The molecule has 8 nitrogen and oxygen atoms in total. The zero-order chi connectivity index (χ0) is 22.6. The van der Waals surface area contributed by atoms with Crippen molar-refractivity contribution in [3.63, 3.8) is 0 Å². The molecule has 3 aromatic rings. The molecule has 9 heteroatoms. The van der Waals surface area contributed by atoms with Crippen LogP contribution in [0.2, 0.25) is 0 Å². The summed E-state index contributed by atoms with van der Waals surface area (Å²) in [4.78, 5) is 24.2. The predicted molar refractivity (Wildman–Crippen MR) is 120 cm³/mol. The van der Waals surface area contributed by atoms with E-state index in [2.05, 4.69) is 15.4 Å². The highest BCUT2D eigenvalue weighted by Crippen LogP contribution is 2.31. The van der Waals surface area contributed by atoms with Gasteiger partial charge in [-0.05, 0) is 42.3 Å². The van der Waals surface area contributed by atoms with Crippen LogP contribution < -0.4 is 20.1 Å². The highest BCUT2D eigenvalue weighted by atomic mass is 32.2. The fourth-order valence-corrected chi connectivity index (χ4v) is 4.37. The van der Waals surface area contributed by atoms with Crippen molar-refractivity contribution in [1.82, 2.24) is 5.32 Å². The molecule has 0 aliphatic carbocycles. The third kappa shape index (κ3) is 4.89. The number of ether oxygens (including phenoxy) is 1. The molecule has 0 unspecified atom stereocenters. The lowest BCUT2D eigenvalue weighted by Crippen LogP contribution is -2.27. The number of anilines is 2. The van der Waals surface area contributed by atoms with E-state index >= 15 is 0 Å². The Labute approximate surface area is 185 Å². The standard InChI is InChI=1S/C23H21N3O5S/c27-22-15-31-21-11-10-17(14-20(21)25-22)32(29,30)26-19-9-5-4-8-18(19)23(28)24-13-12-16-6-2-1-3-7-16/h1-11,14,26H,12-13,15H2,(H,24,28)(H,25,27). The van der Waals surface area contributed by atoms with Crippen LogP contribution in [0, 0.1) is 0 Å². The van der Waals surface area contributed by atoms with Crippen LogP contribution in [0.5, 0.6) is 5.75 Å². The lowest BCUT2D eigenvalue weighted by Gasteiger charge is -2.19. The first-order valence-electron chi connectivity index (χ1n) is 9.93. The average Bonchev–Trinajstić information content (AvgIpc) is 2.79. The normalized spacial score (nSPS) is 12.8. The van der Waals surface area contributed by atoms with Crippen molar-refractivity contribution < 1.29 is 22.7 Å². The van der Waals surface area contributed by atoms with E-state index in [0.29, 0.717) is 18.7 Å². The van der Waals surface area contributed by atoms with E-state index in [1.807, 2.05) is 30.3 Å². The van der Waals surface area contributed by atoms with E-state index < -0.39 is 10.0 Å². The number of fused-ring (bicyclic) bond motifs is 1. The summed E-state index contributed by atoms with van der Waals surface area (Å²) in [6.45, 7) is 0.290. The summed E-state index contributed by atoms with van der Waals surface area (Å²) in [5, 5.41) is 5.40. The lowest BCUT2D eigenvalue weighted by atomic mass is 10.1. The van der Waals surface area contributed by atoms with Crippen LogP contribution in [0.3, 0.4) is 0 Å². The first-order chi connectivity index (χ1) is 15.4. The molecule has 1 aliphatic rings. The second-order valence-electron chi connectivity index (χ2n) is 7.14. The minimum Gasteiger partial charge on any atom is -0.482 e. The van der Waals surface area contributed by atoms with Crippen molar-refractivity contribution in [1.29, 1.82) is 0 Å². The Morgan fingerprint density at radius 1 is 1.00 bits per heavy atom. The smallest absolute Gasteiger partial charge is 0.262 e. The summed E-state index contributed by atoms with van der Waals surface area (Å²) < 4.78 is 33.6. The Morgan fingerprint density at radius 2 is 1.75 bits per heavy atom. The summed E-state index contributed by atoms with van der Waals surface area (Å²) in [6, 6.07) is 20.3. The predicted octanol–water partition coefficient (Wildman–Crippen LogP) is 2.79. The molecule has 0 saturated carbocycles. The van der Waals surface area contributed by atoms with Gasteiger partial charge in [-0.25, -0.2) is 8.42 Å². The van der Waals surface area contributed by atoms with Crippen molar-refractivity contribution in [2.24, 2.45) is 0 Å². The fourth-order valence-electron chi connectivity index (χ4n) is 3.26. The molecule has 0 bridgehead atoms. The number of benzene rings is 3. The molecule has 1 aliphatic heterocycles. The summed E-state index contributed by atoms with van der Waals surface area (Å²) in [5.41, 5.74) is 1.72. The first-order valence-corrected chi connectivity index (χ1v) is 11.4. The van der Waals surface area contributed by atoms with E-state index in [4.69, 9.17) is 4.74 Å². The molecule has 3 N–H and O–H groups in total. The molecule has 2 amide bonds. The Kier molecular flexibility index (Phi) is 6.09. The number of hydrogen-bond donors (Lipinski definition) is 3. The number of hydrogen-bond acceptors (Lipinski definition) is 5. The molecule has 4 rings (SSSR count). The van der Waals surface area contributed by atoms with Crippen molar-refractivity contribution >= 4 is 33.2 Å². The van der Waals surface area contributed by atoms with E-state index in [-0.39, 0.29) is 40.3 Å². The van der Waals surface area contributed by atoms with Gasteiger partial charge < -0.3 is 15.4 Å². The monoisotopic (exact) mass is 451 g/mol. The topological polar surface area (TPSA) is 114 Å². The maximum atomic E-state index is 12.9. The molecular formula is C23H21N3O5S. The van der Waals surface area contributed by atoms with E-state index in [1.165, 1.54) is 24.3 Å². The zero-order valence-electron chi connectivity index (χ0n) is 17.0. The lowest BCUT2D eigenvalue weighted by molar-refractivity contribution is -0.118. The Morgan fingerprint density at radius 3 is 2.56 bits per heavy atom. The number of carbonyl (C=O) groups is 2. The number of carbonyl (C=O) groups excluding carboxylic acids is 2. The minimum absolute atomic E-state index is 0.0682. The van der Waals surface area contributed by atoms with Crippen LogP contribution >= 0.6 is 0 Å². The average molecular weight is 452 g/mol. The van der Waals surface area contributed by atoms with Crippen LogP contribution in [-0.2, 0) is 21.2 Å². The number of nitrogens with one attached hydrogen (secondary N) is 3. The van der Waals surface area contributed by atoms with Crippen LogP contribution in [0.15, 0.2) is 77.7 Å². The number of amides is 2. The third-order valence-electron chi connectivity index (χ3n) is 4.85. The maximum absolute atomic E-state index is 12.9. The summed E-state index contributed by atoms with van der Waals surface area (Å²) in [5.74, 6) is -0.357. The van der Waals surface area contributed by atoms with Gasteiger partial charge in [-0.2, -0.15) is 0 Å².